The number of benzene rings is 1. The van der Waals surface area contributed by atoms with E-state index in [-0.39, 0.29) is 0 Å². The van der Waals surface area contributed by atoms with Crippen molar-refractivity contribution in [1.29, 1.82) is 0 Å². The summed E-state index contributed by atoms with van der Waals surface area (Å²) in [5.74, 6) is 0.880. The molecule has 0 amide bonds. The number of nitrogen functional groups attached to an aromatic ring is 1. The second-order valence-corrected chi connectivity index (χ2v) is 4.56. The molecule has 0 aliphatic carbocycles. The molecule has 0 unspecified atom stereocenters. The van der Waals surface area contributed by atoms with Crippen molar-refractivity contribution < 1.29 is 4.74 Å². The average Bonchev–Trinajstić information content (AvgIpc) is 2.81. The Kier molecular flexibility index (Phi) is 3.83. The van der Waals surface area contributed by atoms with Crippen LogP contribution in [0.5, 0.6) is 5.75 Å². The van der Waals surface area contributed by atoms with Crippen LogP contribution in [-0.4, -0.2) is 0 Å². The minimum atomic E-state index is 0.595. The summed E-state index contributed by atoms with van der Waals surface area (Å²) in [7, 11) is 0. The maximum atomic E-state index is 5.79. The molecule has 3 heteroatoms. The highest BCUT2D eigenvalue weighted by atomic mass is 32.1. The summed E-state index contributed by atoms with van der Waals surface area (Å²) in [5, 5.41) is 4.14. The summed E-state index contributed by atoms with van der Waals surface area (Å²) in [6.45, 7) is 4.34. The molecular formula is C14H15NOS. The molecule has 0 bridgehead atoms. The standard InChI is InChI=1S/C14H15NOS/c1-2-3-12-8-13(15)4-5-14(12)16-9-11-6-7-17-10-11/h2,4-8,10H,1,3,9,15H2. The number of nitrogens with two attached hydrogens (primary N) is 1. The van der Waals surface area contributed by atoms with Crippen molar-refractivity contribution in [2.75, 3.05) is 5.73 Å². The highest BCUT2D eigenvalue weighted by molar-refractivity contribution is 7.07. The van der Waals surface area contributed by atoms with Gasteiger partial charge in [-0.05, 0) is 52.6 Å². The average molecular weight is 245 g/mol. The molecule has 2 rings (SSSR count). The van der Waals surface area contributed by atoms with Gasteiger partial charge in [-0.25, -0.2) is 0 Å². The van der Waals surface area contributed by atoms with Gasteiger partial charge in [-0.1, -0.05) is 6.08 Å². The molecule has 0 aliphatic heterocycles. The fourth-order valence-corrected chi connectivity index (χ4v) is 2.24. The zero-order valence-electron chi connectivity index (χ0n) is 9.56. The van der Waals surface area contributed by atoms with Crippen LogP contribution in [0, 0.1) is 0 Å². The lowest BCUT2D eigenvalue weighted by atomic mass is 10.1. The van der Waals surface area contributed by atoms with Crippen LogP contribution in [0.1, 0.15) is 11.1 Å². The second-order valence-electron chi connectivity index (χ2n) is 3.78. The number of rotatable bonds is 5. The quantitative estimate of drug-likeness (QED) is 0.644. The van der Waals surface area contributed by atoms with Crippen molar-refractivity contribution >= 4 is 17.0 Å². The van der Waals surface area contributed by atoms with Gasteiger partial charge in [0.15, 0.2) is 0 Å². The zero-order chi connectivity index (χ0) is 12.1. The zero-order valence-corrected chi connectivity index (χ0v) is 10.4. The van der Waals surface area contributed by atoms with Crippen molar-refractivity contribution in [1.82, 2.24) is 0 Å². The Hall–Kier alpha value is -1.74. The molecule has 1 aromatic heterocycles. The normalized spacial score (nSPS) is 10.1. The Labute approximate surface area is 105 Å². The Bertz CT molecular complexity index is 491. The summed E-state index contributed by atoms with van der Waals surface area (Å²) < 4.78 is 5.79. The molecule has 2 aromatic rings. The van der Waals surface area contributed by atoms with Crippen LogP contribution in [0.25, 0.3) is 0 Å². The second kappa shape index (κ2) is 5.55. The van der Waals surface area contributed by atoms with E-state index in [2.05, 4.69) is 18.0 Å². The van der Waals surface area contributed by atoms with Crippen molar-refractivity contribution in [3.8, 4) is 5.75 Å². The Morgan fingerprint density at radius 1 is 1.35 bits per heavy atom. The Morgan fingerprint density at radius 3 is 2.94 bits per heavy atom. The molecule has 0 fully saturated rings. The first-order valence-electron chi connectivity index (χ1n) is 5.43. The highest BCUT2D eigenvalue weighted by Crippen LogP contribution is 2.23. The van der Waals surface area contributed by atoms with E-state index in [0.717, 1.165) is 23.4 Å². The third-order valence-corrected chi connectivity index (χ3v) is 3.16. The van der Waals surface area contributed by atoms with Crippen LogP contribution in [0.4, 0.5) is 5.69 Å². The molecule has 0 spiro atoms. The SMILES string of the molecule is C=CCc1cc(N)ccc1OCc1ccsc1. The van der Waals surface area contributed by atoms with Crippen molar-refractivity contribution in [2.24, 2.45) is 0 Å². The fourth-order valence-electron chi connectivity index (χ4n) is 1.59. The number of thiophene rings is 1. The first-order valence-corrected chi connectivity index (χ1v) is 6.37. The summed E-state index contributed by atoms with van der Waals surface area (Å²) in [5.41, 5.74) is 8.78. The minimum absolute atomic E-state index is 0.595. The van der Waals surface area contributed by atoms with Gasteiger partial charge in [-0.15, -0.1) is 6.58 Å². The predicted molar refractivity (Wildman–Crippen MR) is 73.4 cm³/mol. The number of hydrogen-bond acceptors (Lipinski definition) is 3. The lowest BCUT2D eigenvalue weighted by Gasteiger charge is -2.10. The van der Waals surface area contributed by atoms with Gasteiger partial charge in [0.2, 0.25) is 0 Å². The number of hydrogen-bond donors (Lipinski definition) is 1. The van der Waals surface area contributed by atoms with Crippen LogP contribution in [0.2, 0.25) is 0 Å². The first-order chi connectivity index (χ1) is 8.29. The van der Waals surface area contributed by atoms with E-state index in [1.54, 1.807) is 11.3 Å². The van der Waals surface area contributed by atoms with Crippen LogP contribution in [-0.2, 0) is 13.0 Å². The highest BCUT2D eigenvalue weighted by Gasteiger charge is 2.03. The monoisotopic (exact) mass is 245 g/mol. The predicted octanol–water partition coefficient (Wildman–Crippen LogP) is 3.64. The third kappa shape index (κ3) is 3.11. The molecule has 17 heavy (non-hydrogen) atoms. The van der Waals surface area contributed by atoms with Gasteiger partial charge in [-0.3, -0.25) is 0 Å². The van der Waals surface area contributed by atoms with Gasteiger partial charge < -0.3 is 10.5 Å². The summed E-state index contributed by atoms with van der Waals surface area (Å²) in [6, 6.07) is 7.77. The van der Waals surface area contributed by atoms with Crippen molar-refractivity contribution in [3.05, 3.63) is 58.8 Å². The fraction of sp³-hybridized carbons (Fsp3) is 0.143. The van der Waals surface area contributed by atoms with Crippen LogP contribution in [0.15, 0.2) is 47.7 Å². The van der Waals surface area contributed by atoms with Crippen LogP contribution in [0.3, 0.4) is 0 Å². The number of allylic oxidation sites excluding steroid dienone is 1. The van der Waals surface area contributed by atoms with Crippen molar-refractivity contribution in [3.63, 3.8) is 0 Å². The largest absolute Gasteiger partial charge is 0.489 e. The van der Waals surface area contributed by atoms with E-state index in [1.807, 2.05) is 29.7 Å². The number of ether oxygens (including phenoxy) is 1. The third-order valence-electron chi connectivity index (χ3n) is 2.42. The maximum absolute atomic E-state index is 5.79. The van der Waals surface area contributed by atoms with Gasteiger partial charge in [0.1, 0.15) is 12.4 Å². The van der Waals surface area contributed by atoms with E-state index < -0.39 is 0 Å². The molecule has 0 atom stereocenters. The van der Waals surface area contributed by atoms with Gasteiger partial charge in [0, 0.05) is 5.69 Å². The van der Waals surface area contributed by atoms with Crippen LogP contribution >= 0.6 is 11.3 Å². The molecule has 1 heterocycles. The van der Waals surface area contributed by atoms with E-state index in [0.29, 0.717) is 6.61 Å². The summed E-state index contributed by atoms with van der Waals surface area (Å²) in [4.78, 5) is 0. The lowest BCUT2D eigenvalue weighted by Crippen LogP contribution is -1.98. The van der Waals surface area contributed by atoms with Gasteiger partial charge in [0.25, 0.3) is 0 Å². The first kappa shape index (κ1) is 11.7. The minimum Gasteiger partial charge on any atom is -0.489 e. The molecule has 0 aliphatic rings. The van der Waals surface area contributed by atoms with E-state index in [4.69, 9.17) is 10.5 Å². The van der Waals surface area contributed by atoms with E-state index in [1.165, 1.54) is 5.56 Å². The van der Waals surface area contributed by atoms with Gasteiger partial charge >= 0.3 is 0 Å². The van der Waals surface area contributed by atoms with Gasteiger partial charge in [-0.2, -0.15) is 11.3 Å². The van der Waals surface area contributed by atoms with E-state index >= 15 is 0 Å². The summed E-state index contributed by atoms with van der Waals surface area (Å²) >= 11 is 1.68. The molecule has 0 radical (unpaired) electrons. The molecule has 88 valence electrons. The lowest BCUT2D eigenvalue weighted by molar-refractivity contribution is 0.304. The smallest absolute Gasteiger partial charge is 0.123 e. The Balaban J connectivity index is 2.11. The number of anilines is 1. The molecule has 0 saturated heterocycles. The topological polar surface area (TPSA) is 35.2 Å². The molecule has 2 nitrogen and oxygen atoms in total. The molecular weight excluding hydrogens is 230 g/mol. The Morgan fingerprint density at radius 2 is 2.24 bits per heavy atom. The molecule has 0 saturated carbocycles. The molecule has 2 N–H and O–H groups in total. The molecule has 1 aromatic carbocycles. The maximum Gasteiger partial charge on any atom is 0.123 e. The van der Waals surface area contributed by atoms with Gasteiger partial charge in [0.05, 0.1) is 0 Å². The van der Waals surface area contributed by atoms with E-state index in [9.17, 15) is 0 Å². The summed E-state index contributed by atoms with van der Waals surface area (Å²) in [6.07, 6.45) is 2.62. The van der Waals surface area contributed by atoms with Crippen LogP contribution < -0.4 is 10.5 Å². The van der Waals surface area contributed by atoms with Crippen molar-refractivity contribution in [2.45, 2.75) is 13.0 Å².